The van der Waals surface area contributed by atoms with E-state index in [0.29, 0.717) is 5.92 Å². The van der Waals surface area contributed by atoms with Crippen LogP contribution in [0.2, 0.25) is 0 Å². The summed E-state index contributed by atoms with van der Waals surface area (Å²) in [6.07, 6.45) is 2.21. The fraction of sp³-hybridized carbons (Fsp3) is 0.417. The highest BCUT2D eigenvalue weighted by molar-refractivity contribution is 5.76. The number of fused-ring (bicyclic) bond motifs is 1. The van der Waals surface area contributed by atoms with Crippen molar-refractivity contribution in [1.82, 2.24) is 15.3 Å². The quantitative estimate of drug-likeness (QED) is 0.713. The first-order valence-corrected chi connectivity index (χ1v) is 5.69. The van der Waals surface area contributed by atoms with Crippen LogP contribution in [0, 0.1) is 5.92 Å². The summed E-state index contributed by atoms with van der Waals surface area (Å²) < 4.78 is 0. The van der Waals surface area contributed by atoms with Crippen molar-refractivity contribution in [3.63, 3.8) is 0 Å². The van der Waals surface area contributed by atoms with Crippen LogP contribution in [-0.2, 0) is 6.42 Å². The van der Waals surface area contributed by atoms with Crippen molar-refractivity contribution in [2.75, 3.05) is 13.1 Å². The first-order valence-electron chi connectivity index (χ1n) is 5.69. The van der Waals surface area contributed by atoms with Gasteiger partial charge in [-0.15, -0.1) is 0 Å². The average Bonchev–Trinajstić information content (AvgIpc) is 2.86. The van der Waals surface area contributed by atoms with Gasteiger partial charge in [0.05, 0.1) is 11.0 Å². The summed E-state index contributed by atoms with van der Waals surface area (Å²) in [7, 11) is 0. The van der Waals surface area contributed by atoms with Gasteiger partial charge in [-0.2, -0.15) is 0 Å². The number of aromatic nitrogens is 2. The molecule has 1 aliphatic rings. The third kappa shape index (κ3) is 1.76. The zero-order valence-corrected chi connectivity index (χ0v) is 9.03. The SMILES string of the molecule is Oc1ccc2nc(CC3CCNC3)[nH]c2c1. The fourth-order valence-electron chi connectivity index (χ4n) is 2.31. The standard InChI is InChI=1S/C12H15N3O/c16-9-1-2-10-11(6-9)15-12(14-10)5-8-3-4-13-7-8/h1-2,6,8,13,16H,3-5,7H2,(H,14,15). The van der Waals surface area contributed by atoms with Gasteiger partial charge >= 0.3 is 0 Å². The molecule has 0 radical (unpaired) electrons. The summed E-state index contributed by atoms with van der Waals surface area (Å²) in [6, 6.07) is 5.24. The summed E-state index contributed by atoms with van der Waals surface area (Å²) in [5.41, 5.74) is 1.85. The summed E-state index contributed by atoms with van der Waals surface area (Å²) in [5.74, 6) is 1.99. The highest BCUT2D eigenvalue weighted by Crippen LogP contribution is 2.20. The van der Waals surface area contributed by atoms with E-state index in [1.54, 1.807) is 12.1 Å². The smallest absolute Gasteiger partial charge is 0.117 e. The van der Waals surface area contributed by atoms with Crippen LogP contribution >= 0.6 is 0 Å². The number of imidazole rings is 1. The average molecular weight is 217 g/mol. The van der Waals surface area contributed by atoms with Crippen molar-refractivity contribution in [3.05, 3.63) is 24.0 Å². The zero-order valence-electron chi connectivity index (χ0n) is 9.03. The molecule has 4 heteroatoms. The van der Waals surface area contributed by atoms with Crippen molar-refractivity contribution in [1.29, 1.82) is 0 Å². The van der Waals surface area contributed by atoms with E-state index in [4.69, 9.17) is 0 Å². The summed E-state index contributed by atoms with van der Waals surface area (Å²) >= 11 is 0. The molecule has 1 saturated heterocycles. The van der Waals surface area contributed by atoms with Crippen LogP contribution in [0.4, 0.5) is 0 Å². The number of rotatable bonds is 2. The van der Waals surface area contributed by atoms with Crippen LogP contribution in [0.5, 0.6) is 5.75 Å². The number of nitrogens with one attached hydrogen (secondary N) is 2. The van der Waals surface area contributed by atoms with E-state index >= 15 is 0 Å². The molecule has 1 unspecified atom stereocenters. The monoisotopic (exact) mass is 217 g/mol. The maximum atomic E-state index is 9.37. The molecule has 84 valence electrons. The molecule has 0 amide bonds. The van der Waals surface area contributed by atoms with Crippen molar-refractivity contribution in [2.45, 2.75) is 12.8 Å². The number of aromatic hydroxyl groups is 1. The Balaban J connectivity index is 1.86. The number of nitrogens with zero attached hydrogens (tertiary/aromatic N) is 1. The minimum absolute atomic E-state index is 0.283. The third-order valence-corrected chi connectivity index (χ3v) is 3.16. The Hall–Kier alpha value is -1.55. The van der Waals surface area contributed by atoms with Gasteiger partial charge in [-0.3, -0.25) is 0 Å². The maximum absolute atomic E-state index is 9.37. The first kappa shape index (κ1) is 9.66. The van der Waals surface area contributed by atoms with Crippen LogP contribution < -0.4 is 5.32 Å². The molecule has 3 N–H and O–H groups in total. The second-order valence-electron chi connectivity index (χ2n) is 4.45. The van der Waals surface area contributed by atoms with E-state index in [9.17, 15) is 5.11 Å². The summed E-state index contributed by atoms with van der Waals surface area (Å²) in [5, 5.41) is 12.7. The molecule has 2 heterocycles. The number of H-pyrrole nitrogens is 1. The minimum Gasteiger partial charge on any atom is -0.508 e. The van der Waals surface area contributed by atoms with Gasteiger partial charge in [-0.25, -0.2) is 4.98 Å². The van der Waals surface area contributed by atoms with Gasteiger partial charge in [0.15, 0.2) is 0 Å². The van der Waals surface area contributed by atoms with E-state index in [2.05, 4.69) is 15.3 Å². The number of phenolic OH excluding ortho intramolecular Hbond substituents is 1. The Morgan fingerprint density at radius 3 is 3.19 bits per heavy atom. The molecule has 0 bridgehead atoms. The molecule has 0 saturated carbocycles. The van der Waals surface area contributed by atoms with Crippen molar-refractivity contribution < 1.29 is 5.11 Å². The number of aromatic amines is 1. The highest BCUT2D eigenvalue weighted by Gasteiger charge is 2.16. The molecular weight excluding hydrogens is 202 g/mol. The van der Waals surface area contributed by atoms with Crippen molar-refractivity contribution in [2.24, 2.45) is 5.92 Å². The van der Waals surface area contributed by atoms with Crippen LogP contribution in [0.25, 0.3) is 11.0 Å². The van der Waals surface area contributed by atoms with E-state index in [-0.39, 0.29) is 5.75 Å². The molecule has 0 aliphatic carbocycles. The molecule has 1 fully saturated rings. The molecular formula is C12H15N3O. The largest absolute Gasteiger partial charge is 0.508 e. The van der Waals surface area contributed by atoms with Gasteiger partial charge in [-0.05, 0) is 37.6 Å². The van der Waals surface area contributed by atoms with Crippen LogP contribution in [0.3, 0.4) is 0 Å². The van der Waals surface area contributed by atoms with Gasteiger partial charge in [0, 0.05) is 12.5 Å². The second-order valence-corrected chi connectivity index (χ2v) is 4.45. The molecule has 1 aromatic heterocycles. The van der Waals surface area contributed by atoms with Crippen LogP contribution in [0.1, 0.15) is 12.2 Å². The second kappa shape index (κ2) is 3.79. The number of phenols is 1. The lowest BCUT2D eigenvalue weighted by Gasteiger charge is -2.03. The number of benzene rings is 1. The van der Waals surface area contributed by atoms with Crippen molar-refractivity contribution >= 4 is 11.0 Å². The fourth-order valence-corrected chi connectivity index (χ4v) is 2.31. The van der Waals surface area contributed by atoms with Crippen LogP contribution in [-0.4, -0.2) is 28.2 Å². The third-order valence-electron chi connectivity index (χ3n) is 3.16. The molecule has 4 nitrogen and oxygen atoms in total. The molecule has 16 heavy (non-hydrogen) atoms. The van der Waals surface area contributed by atoms with Gasteiger partial charge in [0.2, 0.25) is 0 Å². The normalized spacial score (nSPS) is 20.6. The Bertz CT molecular complexity index is 500. The molecule has 0 spiro atoms. The lowest BCUT2D eigenvalue weighted by molar-refractivity contribution is 0.476. The summed E-state index contributed by atoms with van der Waals surface area (Å²) in [4.78, 5) is 7.79. The Morgan fingerprint density at radius 1 is 1.44 bits per heavy atom. The van der Waals surface area contributed by atoms with E-state index in [1.165, 1.54) is 6.42 Å². The first-order chi connectivity index (χ1) is 7.81. The van der Waals surface area contributed by atoms with E-state index < -0.39 is 0 Å². The highest BCUT2D eigenvalue weighted by atomic mass is 16.3. The molecule has 1 aliphatic heterocycles. The number of hydrogen-bond acceptors (Lipinski definition) is 3. The van der Waals surface area contributed by atoms with Gasteiger partial charge in [-0.1, -0.05) is 0 Å². The Morgan fingerprint density at radius 2 is 2.38 bits per heavy atom. The lowest BCUT2D eigenvalue weighted by Crippen LogP contribution is -2.11. The minimum atomic E-state index is 0.283. The summed E-state index contributed by atoms with van der Waals surface area (Å²) in [6.45, 7) is 2.20. The molecule has 1 aromatic carbocycles. The topological polar surface area (TPSA) is 60.9 Å². The predicted octanol–water partition coefficient (Wildman–Crippen LogP) is 1.42. The van der Waals surface area contributed by atoms with Crippen LogP contribution in [0.15, 0.2) is 18.2 Å². The predicted molar refractivity (Wildman–Crippen MR) is 62.4 cm³/mol. The molecule has 1 atom stereocenters. The maximum Gasteiger partial charge on any atom is 0.117 e. The lowest BCUT2D eigenvalue weighted by atomic mass is 10.1. The Labute approximate surface area is 93.7 Å². The molecule has 2 aromatic rings. The Kier molecular flexibility index (Phi) is 2.29. The van der Waals surface area contributed by atoms with Gasteiger partial charge < -0.3 is 15.4 Å². The van der Waals surface area contributed by atoms with Crippen molar-refractivity contribution in [3.8, 4) is 5.75 Å². The molecule has 3 rings (SSSR count). The van der Waals surface area contributed by atoms with Gasteiger partial charge in [0.25, 0.3) is 0 Å². The number of hydrogen-bond donors (Lipinski definition) is 3. The zero-order chi connectivity index (χ0) is 11.0. The van der Waals surface area contributed by atoms with Gasteiger partial charge in [0.1, 0.15) is 11.6 Å². The van der Waals surface area contributed by atoms with E-state index in [1.807, 2.05) is 6.07 Å². The van der Waals surface area contributed by atoms with E-state index in [0.717, 1.165) is 36.4 Å².